The SMILES string of the molecule is Cc1oc(-c2ccccc2)cc1C(=O)Nc1cccc(C=CC(=O)O)c1.O=C(O)C(Cl)=Cc1ccc(C(=O)Nc2cc(-c3ccccc3)c(C(=O)O)s2)cc1. The van der Waals surface area contributed by atoms with Crippen LogP contribution in [0, 0.1) is 6.92 Å². The van der Waals surface area contributed by atoms with Crippen molar-refractivity contribution in [3.05, 3.63) is 165 Å². The van der Waals surface area contributed by atoms with Crippen LogP contribution in [0.15, 0.2) is 137 Å². The van der Waals surface area contributed by atoms with E-state index in [2.05, 4.69) is 10.6 Å². The fraction of sp³-hybridized carbons (Fsp3) is 0.0238. The molecule has 4 aromatic carbocycles. The maximum atomic E-state index is 12.6. The quantitative estimate of drug-likeness (QED) is 0.0800. The standard InChI is InChI=1S/C21H14ClNO5S.C21H17NO4/c22-16(20(25)26)10-12-6-8-14(9-7-12)19(24)23-17-11-15(18(29-17)21(27)28)13-4-2-1-3-5-13;1-14-18(13-19(26-14)16-7-3-2-4-8-16)21(25)22-17-9-5-6-15(12-17)10-11-20(23)24/h1-11H,(H,23,24)(H,25,26)(H,27,28);2-13H,1H3,(H,22,25)(H,23,24). The van der Waals surface area contributed by atoms with Crippen LogP contribution in [-0.2, 0) is 9.59 Å². The molecule has 0 aliphatic heterocycles. The zero-order valence-corrected chi connectivity index (χ0v) is 30.4. The number of halogens is 1. The number of aromatic carboxylic acids is 1. The van der Waals surface area contributed by atoms with Gasteiger partial charge in [0.2, 0.25) is 0 Å². The third-order valence-electron chi connectivity index (χ3n) is 7.70. The first-order chi connectivity index (χ1) is 26.4. The van der Waals surface area contributed by atoms with Gasteiger partial charge in [-0.2, -0.15) is 0 Å². The molecule has 0 radical (unpaired) electrons. The van der Waals surface area contributed by atoms with Crippen molar-refractivity contribution < 1.29 is 43.7 Å². The van der Waals surface area contributed by atoms with Crippen LogP contribution in [0.3, 0.4) is 0 Å². The Morgan fingerprint density at radius 2 is 1.36 bits per heavy atom. The van der Waals surface area contributed by atoms with Crippen molar-refractivity contribution in [1.29, 1.82) is 0 Å². The molecule has 0 spiro atoms. The van der Waals surface area contributed by atoms with Gasteiger partial charge in [-0.15, -0.1) is 11.3 Å². The summed E-state index contributed by atoms with van der Waals surface area (Å²) in [5, 5.41) is 32.5. The number of aryl methyl sites for hydroxylation is 1. The Hall–Kier alpha value is -7.02. The van der Waals surface area contributed by atoms with Crippen LogP contribution in [0.25, 0.3) is 34.6 Å². The van der Waals surface area contributed by atoms with Gasteiger partial charge in [-0.05, 0) is 72.2 Å². The third-order valence-corrected chi connectivity index (χ3v) is 9.01. The highest BCUT2D eigenvalue weighted by atomic mass is 35.5. The van der Waals surface area contributed by atoms with Crippen molar-refractivity contribution in [2.24, 2.45) is 0 Å². The van der Waals surface area contributed by atoms with Gasteiger partial charge in [-0.25, -0.2) is 14.4 Å². The third kappa shape index (κ3) is 10.8. The first-order valence-electron chi connectivity index (χ1n) is 16.3. The van der Waals surface area contributed by atoms with Crippen LogP contribution in [0.4, 0.5) is 10.7 Å². The topological polar surface area (TPSA) is 183 Å². The van der Waals surface area contributed by atoms with Crippen molar-refractivity contribution in [1.82, 2.24) is 0 Å². The number of nitrogens with one attached hydrogen (secondary N) is 2. The average molecular weight is 775 g/mol. The van der Waals surface area contributed by atoms with Crippen LogP contribution in [0.2, 0.25) is 0 Å². The molecule has 2 amide bonds. The molecule has 2 heterocycles. The minimum absolute atomic E-state index is 0.135. The van der Waals surface area contributed by atoms with Crippen molar-refractivity contribution >= 4 is 75.5 Å². The number of amides is 2. The van der Waals surface area contributed by atoms with Crippen molar-refractivity contribution in [3.8, 4) is 22.5 Å². The predicted octanol–water partition coefficient (Wildman–Crippen LogP) is 9.64. The number of hydrogen-bond donors (Lipinski definition) is 5. The van der Waals surface area contributed by atoms with Gasteiger partial charge in [-0.1, -0.05) is 96.5 Å². The maximum Gasteiger partial charge on any atom is 0.347 e. The summed E-state index contributed by atoms with van der Waals surface area (Å²) in [7, 11) is 0. The molecule has 55 heavy (non-hydrogen) atoms. The molecule has 11 nitrogen and oxygen atoms in total. The summed E-state index contributed by atoms with van der Waals surface area (Å²) in [4.78, 5) is 58.1. The number of anilines is 2. The number of carbonyl (C=O) groups excluding carboxylic acids is 2. The summed E-state index contributed by atoms with van der Waals surface area (Å²) in [5.74, 6) is -2.87. The molecule has 0 bridgehead atoms. The highest BCUT2D eigenvalue weighted by molar-refractivity contribution is 7.18. The van der Waals surface area contributed by atoms with E-state index in [1.54, 1.807) is 67.6 Å². The predicted molar refractivity (Wildman–Crippen MR) is 213 cm³/mol. The fourth-order valence-electron chi connectivity index (χ4n) is 5.10. The van der Waals surface area contributed by atoms with E-state index < -0.39 is 23.8 Å². The molecular formula is C42H31ClN2O9S. The Morgan fingerprint density at radius 1 is 0.709 bits per heavy atom. The Balaban J connectivity index is 0.000000212. The molecule has 2 aromatic heterocycles. The molecule has 6 aromatic rings. The van der Waals surface area contributed by atoms with Crippen LogP contribution in [0.1, 0.15) is 47.3 Å². The highest BCUT2D eigenvalue weighted by Gasteiger charge is 2.19. The van der Waals surface area contributed by atoms with Gasteiger partial charge in [0.1, 0.15) is 21.4 Å². The van der Waals surface area contributed by atoms with Gasteiger partial charge in [0.25, 0.3) is 11.8 Å². The number of carboxylic acid groups (broad SMARTS) is 3. The number of benzene rings is 4. The molecule has 0 atom stereocenters. The largest absolute Gasteiger partial charge is 0.478 e. The first kappa shape index (κ1) is 39.2. The molecule has 5 N–H and O–H groups in total. The fourth-order valence-corrected chi connectivity index (χ4v) is 6.15. The van der Waals surface area contributed by atoms with E-state index in [1.807, 2.05) is 48.5 Å². The normalized spacial score (nSPS) is 11.0. The molecule has 6 rings (SSSR count). The number of carboxylic acids is 3. The lowest BCUT2D eigenvalue weighted by Gasteiger charge is -2.05. The summed E-state index contributed by atoms with van der Waals surface area (Å²) in [5.41, 5.74) is 4.74. The van der Waals surface area contributed by atoms with E-state index in [4.69, 9.17) is 26.2 Å². The maximum absolute atomic E-state index is 12.6. The van der Waals surface area contributed by atoms with Gasteiger partial charge in [0.15, 0.2) is 0 Å². The number of aliphatic carboxylic acids is 2. The molecule has 0 fully saturated rings. The van der Waals surface area contributed by atoms with Gasteiger partial charge in [0, 0.05) is 28.5 Å². The molecular weight excluding hydrogens is 744 g/mol. The number of carbonyl (C=O) groups is 5. The zero-order valence-electron chi connectivity index (χ0n) is 28.9. The van der Waals surface area contributed by atoms with Crippen molar-refractivity contribution in [2.75, 3.05) is 10.6 Å². The minimum atomic E-state index is -1.24. The Kier molecular flexibility index (Phi) is 12.9. The smallest absolute Gasteiger partial charge is 0.347 e. The van der Waals surface area contributed by atoms with Crippen LogP contribution < -0.4 is 10.6 Å². The zero-order chi connectivity index (χ0) is 39.5. The highest BCUT2D eigenvalue weighted by Crippen LogP contribution is 2.35. The Labute approximate surface area is 323 Å². The summed E-state index contributed by atoms with van der Waals surface area (Å²) >= 11 is 6.57. The molecule has 0 saturated carbocycles. The van der Waals surface area contributed by atoms with E-state index in [9.17, 15) is 29.1 Å². The summed E-state index contributed by atoms with van der Waals surface area (Å²) in [6, 6.07) is 35.1. The molecule has 0 saturated heterocycles. The second kappa shape index (κ2) is 18.1. The van der Waals surface area contributed by atoms with Crippen molar-refractivity contribution in [2.45, 2.75) is 6.92 Å². The van der Waals surface area contributed by atoms with Gasteiger partial charge in [-0.3, -0.25) is 9.59 Å². The van der Waals surface area contributed by atoms with Crippen molar-refractivity contribution in [3.63, 3.8) is 0 Å². The van der Waals surface area contributed by atoms with E-state index in [1.165, 1.54) is 24.3 Å². The monoisotopic (exact) mass is 774 g/mol. The summed E-state index contributed by atoms with van der Waals surface area (Å²) in [6.07, 6.45) is 3.79. The van der Waals surface area contributed by atoms with Gasteiger partial charge >= 0.3 is 17.9 Å². The second-order valence-corrected chi connectivity index (χ2v) is 13.1. The molecule has 276 valence electrons. The minimum Gasteiger partial charge on any atom is -0.478 e. The molecule has 0 aliphatic rings. The molecule has 13 heteroatoms. The molecule has 0 aliphatic carbocycles. The lowest BCUT2D eigenvalue weighted by Crippen LogP contribution is -2.12. The summed E-state index contributed by atoms with van der Waals surface area (Å²) in [6.45, 7) is 1.74. The summed E-state index contributed by atoms with van der Waals surface area (Å²) < 4.78 is 5.71. The lowest BCUT2D eigenvalue weighted by atomic mass is 10.1. The average Bonchev–Trinajstić information content (AvgIpc) is 3.79. The number of rotatable bonds is 11. The van der Waals surface area contributed by atoms with E-state index in [-0.39, 0.29) is 15.8 Å². The Bertz CT molecular complexity index is 2420. The Morgan fingerprint density at radius 3 is 1.98 bits per heavy atom. The van der Waals surface area contributed by atoms with E-state index in [0.29, 0.717) is 50.0 Å². The van der Waals surface area contributed by atoms with Gasteiger partial charge < -0.3 is 30.4 Å². The first-order valence-corrected chi connectivity index (χ1v) is 17.5. The second-order valence-electron chi connectivity index (χ2n) is 11.6. The van der Waals surface area contributed by atoms with Crippen LogP contribution in [-0.4, -0.2) is 45.0 Å². The van der Waals surface area contributed by atoms with E-state index >= 15 is 0 Å². The van der Waals surface area contributed by atoms with Crippen LogP contribution in [0.5, 0.6) is 0 Å². The number of hydrogen-bond acceptors (Lipinski definition) is 7. The number of furan rings is 1. The van der Waals surface area contributed by atoms with E-state index in [0.717, 1.165) is 28.5 Å². The van der Waals surface area contributed by atoms with Gasteiger partial charge in [0.05, 0.1) is 10.6 Å². The van der Waals surface area contributed by atoms with Crippen LogP contribution >= 0.6 is 22.9 Å². The lowest BCUT2D eigenvalue weighted by molar-refractivity contribution is -0.132. The number of thiophene rings is 1. The molecule has 0 unspecified atom stereocenters.